The lowest BCUT2D eigenvalue weighted by atomic mass is 9.88. The number of halogens is 1. The Bertz CT molecular complexity index is 1350. The van der Waals surface area contributed by atoms with Crippen molar-refractivity contribution in [2.24, 2.45) is 0 Å². The van der Waals surface area contributed by atoms with Crippen molar-refractivity contribution in [2.45, 2.75) is 50.2 Å². The summed E-state index contributed by atoms with van der Waals surface area (Å²) < 4.78 is 0. The third kappa shape index (κ3) is 5.62. The van der Waals surface area contributed by atoms with Gasteiger partial charge in [0.2, 0.25) is 5.95 Å². The van der Waals surface area contributed by atoms with Gasteiger partial charge >= 0.3 is 0 Å². The molecule has 3 fully saturated rings. The molecule has 0 saturated carbocycles. The van der Waals surface area contributed by atoms with Gasteiger partial charge in [-0.15, -0.1) is 0 Å². The lowest BCUT2D eigenvalue weighted by Gasteiger charge is -2.57. The van der Waals surface area contributed by atoms with E-state index < -0.39 is 0 Å². The van der Waals surface area contributed by atoms with Crippen molar-refractivity contribution in [1.29, 1.82) is 5.26 Å². The molecule has 1 N–H and O–H groups in total. The Labute approximate surface area is 238 Å². The van der Waals surface area contributed by atoms with Gasteiger partial charge in [-0.1, -0.05) is 35.9 Å². The number of ketones is 1. The second kappa shape index (κ2) is 11.5. The lowest BCUT2D eigenvalue weighted by Crippen LogP contribution is -2.66. The number of piperidine rings is 1. The quantitative estimate of drug-likeness (QED) is 0.328. The zero-order valence-corrected chi connectivity index (χ0v) is 23.3. The number of nitrogens with one attached hydrogen (secondary N) is 1. The summed E-state index contributed by atoms with van der Waals surface area (Å²) in [5.41, 5.74) is 4.12. The lowest BCUT2D eigenvalue weighted by molar-refractivity contribution is -0.0152. The van der Waals surface area contributed by atoms with E-state index in [-0.39, 0.29) is 18.6 Å². The topological polar surface area (TPSA) is 85.1 Å². The first kappa shape index (κ1) is 26.1. The minimum atomic E-state index is -0.0512. The van der Waals surface area contributed by atoms with Gasteiger partial charge < -0.3 is 10.2 Å². The van der Waals surface area contributed by atoms with Gasteiger partial charge in [-0.2, -0.15) is 17.0 Å². The van der Waals surface area contributed by atoms with Crippen molar-refractivity contribution in [3.8, 4) is 17.3 Å². The highest BCUT2D eigenvalue weighted by Crippen LogP contribution is 2.40. The van der Waals surface area contributed by atoms with Crippen molar-refractivity contribution >= 4 is 46.5 Å². The number of carbonyl (C=O) groups is 1. The third-order valence-electron chi connectivity index (χ3n) is 8.07. The summed E-state index contributed by atoms with van der Waals surface area (Å²) in [4.78, 5) is 26.5. The summed E-state index contributed by atoms with van der Waals surface area (Å²) in [6, 6.07) is 20.0. The maximum atomic E-state index is 12.2. The van der Waals surface area contributed by atoms with E-state index in [2.05, 4.69) is 61.1 Å². The van der Waals surface area contributed by atoms with Crippen LogP contribution < -0.4 is 10.2 Å². The monoisotopic (exact) mass is 558 g/mol. The van der Waals surface area contributed by atoms with E-state index in [1.807, 2.05) is 18.2 Å². The summed E-state index contributed by atoms with van der Waals surface area (Å²) in [6.07, 6.45) is 5.92. The number of thioether (sulfide) groups is 1. The molecule has 2 unspecified atom stereocenters. The van der Waals surface area contributed by atoms with Crippen LogP contribution in [0.1, 0.15) is 42.5 Å². The van der Waals surface area contributed by atoms with Crippen LogP contribution in [-0.4, -0.2) is 63.4 Å². The molecule has 1 aromatic heterocycles. The van der Waals surface area contributed by atoms with E-state index in [1.165, 1.54) is 36.5 Å². The summed E-state index contributed by atoms with van der Waals surface area (Å²) >= 11 is 8.55. The van der Waals surface area contributed by atoms with Crippen LogP contribution in [0.2, 0.25) is 5.02 Å². The molecule has 2 aromatic carbocycles. The molecular formula is C30H31ClN6OS. The smallest absolute Gasteiger partial charge is 0.227 e. The second-order valence-electron chi connectivity index (χ2n) is 10.5. The highest BCUT2D eigenvalue weighted by molar-refractivity contribution is 7.99. The van der Waals surface area contributed by atoms with E-state index in [4.69, 9.17) is 16.9 Å². The number of benzene rings is 2. The van der Waals surface area contributed by atoms with E-state index in [1.54, 1.807) is 18.3 Å². The van der Waals surface area contributed by atoms with Crippen molar-refractivity contribution in [1.82, 2.24) is 14.9 Å². The maximum Gasteiger partial charge on any atom is 0.227 e. The zero-order valence-electron chi connectivity index (χ0n) is 21.7. The van der Waals surface area contributed by atoms with Gasteiger partial charge in [0.05, 0.1) is 23.0 Å². The summed E-state index contributed by atoms with van der Waals surface area (Å²) in [7, 11) is 0. The molecule has 3 aliphatic rings. The minimum Gasteiger partial charge on any atom is -0.371 e. The van der Waals surface area contributed by atoms with Crippen molar-refractivity contribution < 1.29 is 4.79 Å². The number of rotatable bonds is 8. The predicted molar refractivity (Wildman–Crippen MR) is 158 cm³/mol. The van der Waals surface area contributed by atoms with Crippen molar-refractivity contribution in [3.05, 3.63) is 65.3 Å². The molecule has 3 aromatic rings. The van der Waals surface area contributed by atoms with Crippen LogP contribution in [0.3, 0.4) is 0 Å². The molecule has 4 heterocycles. The summed E-state index contributed by atoms with van der Waals surface area (Å²) in [5, 5.41) is 12.4. The predicted octanol–water partition coefficient (Wildman–Crippen LogP) is 6.19. The molecule has 0 radical (unpaired) electrons. The number of nitriles is 1. The van der Waals surface area contributed by atoms with Crippen molar-refractivity contribution in [2.75, 3.05) is 34.8 Å². The molecule has 0 spiro atoms. The number of aromatic nitrogens is 2. The minimum absolute atomic E-state index is 0.0512. The molecule has 2 bridgehead atoms. The number of hydrogen-bond acceptors (Lipinski definition) is 8. The van der Waals surface area contributed by atoms with Gasteiger partial charge in [0.1, 0.15) is 0 Å². The molecule has 0 aliphatic carbocycles. The van der Waals surface area contributed by atoms with Crippen LogP contribution >= 0.6 is 23.4 Å². The maximum absolute atomic E-state index is 12.2. The fourth-order valence-electron chi connectivity index (χ4n) is 6.03. The first-order valence-electron chi connectivity index (χ1n) is 13.6. The third-order valence-corrected chi connectivity index (χ3v) is 9.59. The molecule has 0 amide bonds. The Morgan fingerprint density at radius 1 is 1.05 bits per heavy atom. The Kier molecular flexibility index (Phi) is 7.73. The molecule has 3 saturated heterocycles. The average Bonchev–Trinajstić information content (AvgIpc) is 2.98. The second-order valence-corrected chi connectivity index (χ2v) is 11.9. The molecule has 2 atom stereocenters. The fourth-order valence-corrected chi connectivity index (χ4v) is 7.52. The van der Waals surface area contributed by atoms with Crippen LogP contribution in [0.25, 0.3) is 11.3 Å². The molecule has 6 rings (SSSR count). The first-order valence-corrected chi connectivity index (χ1v) is 15.1. The van der Waals surface area contributed by atoms with E-state index in [0.717, 1.165) is 42.5 Å². The molecule has 200 valence electrons. The largest absolute Gasteiger partial charge is 0.371 e. The van der Waals surface area contributed by atoms with Gasteiger partial charge in [-0.25, -0.2) is 9.97 Å². The van der Waals surface area contributed by atoms with Crippen LogP contribution in [0.15, 0.2) is 54.7 Å². The molecule has 3 aliphatic heterocycles. The summed E-state index contributed by atoms with van der Waals surface area (Å²) in [6.45, 7) is 2.21. The first-order chi connectivity index (χ1) is 19.1. The number of hydrogen-bond donors (Lipinski definition) is 1. The Morgan fingerprint density at radius 3 is 2.44 bits per heavy atom. The van der Waals surface area contributed by atoms with Gasteiger partial charge in [0.25, 0.3) is 0 Å². The van der Waals surface area contributed by atoms with Crippen LogP contribution in [-0.2, 0) is 0 Å². The Hall–Kier alpha value is -3.12. The van der Waals surface area contributed by atoms with Crippen LogP contribution in [0.4, 0.5) is 17.3 Å². The van der Waals surface area contributed by atoms with Gasteiger partial charge in [0.15, 0.2) is 5.78 Å². The van der Waals surface area contributed by atoms with Gasteiger partial charge in [-0.05, 0) is 43.5 Å². The molecule has 7 nitrogen and oxygen atoms in total. The van der Waals surface area contributed by atoms with Gasteiger partial charge in [0, 0.05) is 78.1 Å². The van der Waals surface area contributed by atoms with E-state index in [0.29, 0.717) is 22.2 Å². The highest BCUT2D eigenvalue weighted by atomic mass is 35.5. The van der Waals surface area contributed by atoms with E-state index >= 15 is 0 Å². The molecule has 39 heavy (non-hydrogen) atoms. The van der Waals surface area contributed by atoms with Gasteiger partial charge in [-0.3, -0.25) is 9.69 Å². The normalized spacial score (nSPS) is 21.2. The standard InChI is InChI=1S/C30H31ClN6OS/c31-27-17-33-30(35-29(27)21-5-3-20(4-6-21)28(38)2-1-13-32)34-22-7-9-23(10-8-22)36-14-11-24(12-15-36)37-25-16-26(37)19-39-18-25/h3-10,17,24-26H,1-2,11-12,14-16,18-19H2,(H,33,34,35). The fraction of sp³-hybridized carbons (Fsp3) is 0.400. The Balaban J connectivity index is 1.07. The van der Waals surface area contributed by atoms with E-state index in [9.17, 15) is 4.79 Å². The Morgan fingerprint density at radius 2 is 1.77 bits per heavy atom. The SMILES string of the molecule is N#CCCC(=O)c1ccc(-c2nc(Nc3ccc(N4CCC(N5C6CSCC5C6)CC4)cc3)ncc2Cl)cc1. The zero-order chi connectivity index (χ0) is 26.8. The highest BCUT2D eigenvalue weighted by Gasteiger charge is 2.45. The summed E-state index contributed by atoms with van der Waals surface area (Å²) in [5.74, 6) is 3.04. The van der Waals surface area contributed by atoms with Crippen molar-refractivity contribution in [3.63, 3.8) is 0 Å². The molecular weight excluding hydrogens is 528 g/mol. The number of anilines is 3. The number of nitrogens with zero attached hydrogens (tertiary/aromatic N) is 5. The molecule has 9 heteroatoms. The average molecular weight is 559 g/mol. The van der Waals surface area contributed by atoms with Crippen LogP contribution in [0, 0.1) is 11.3 Å². The number of Topliss-reactive ketones (excluding diaryl/α,β-unsaturated/α-hetero) is 1. The van der Waals surface area contributed by atoms with Crippen LogP contribution in [0.5, 0.6) is 0 Å². The number of fused-ring (bicyclic) bond motifs is 2. The number of carbonyl (C=O) groups excluding carboxylic acids is 1.